The molecule has 1 N–H and O–H groups in total. The van der Waals surface area contributed by atoms with E-state index in [2.05, 4.69) is 5.32 Å². The fraction of sp³-hybridized carbons (Fsp3) is 0. The highest BCUT2D eigenvalue weighted by Gasteiger charge is 2.10. The molecule has 4 aromatic rings. The monoisotopic (exact) mass is 409 g/mol. The molecule has 0 saturated heterocycles. The molecule has 0 unspecified atom stereocenters. The first-order valence-corrected chi connectivity index (χ1v) is 9.69. The van der Waals surface area contributed by atoms with E-state index in [1.54, 1.807) is 72.8 Å². The zero-order valence-electron chi connectivity index (χ0n) is 16.5. The summed E-state index contributed by atoms with van der Waals surface area (Å²) in [5.74, 6) is 1.13. The average molecular weight is 409 g/mol. The molecule has 152 valence electrons. The van der Waals surface area contributed by atoms with Gasteiger partial charge in [-0.15, -0.1) is 0 Å². The van der Waals surface area contributed by atoms with Crippen LogP contribution in [0.4, 0.5) is 5.69 Å². The smallest absolute Gasteiger partial charge is 0.343 e. The standard InChI is InChI=1S/C26H19NO4/c28-25(19-13-17-24(18-14-19)30-22-7-3-1-4-8-22)27-21-15-11-20(12-16-21)26(29)31-23-9-5-2-6-10-23/h1-18H,(H,27,28). The van der Waals surface area contributed by atoms with Gasteiger partial charge in [0.15, 0.2) is 0 Å². The van der Waals surface area contributed by atoms with Gasteiger partial charge in [0.1, 0.15) is 17.2 Å². The minimum atomic E-state index is -0.460. The van der Waals surface area contributed by atoms with Gasteiger partial charge in [0, 0.05) is 11.3 Å². The van der Waals surface area contributed by atoms with E-state index in [9.17, 15) is 9.59 Å². The molecule has 0 atom stereocenters. The first-order chi connectivity index (χ1) is 15.2. The SMILES string of the molecule is O=C(Nc1ccc(C(=O)Oc2ccccc2)cc1)c1ccc(Oc2ccccc2)cc1. The molecule has 0 fully saturated rings. The summed E-state index contributed by atoms with van der Waals surface area (Å²) in [6, 6.07) is 31.7. The van der Waals surface area contributed by atoms with Gasteiger partial charge in [0.2, 0.25) is 0 Å². The van der Waals surface area contributed by atoms with Gasteiger partial charge in [-0.1, -0.05) is 36.4 Å². The zero-order chi connectivity index (χ0) is 21.5. The number of amides is 1. The van der Waals surface area contributed by atoms with E-state index in [-0.39, 0.29) is 5.91 Å². The van der Waals surface area contributed by atoms with Gasteiger partial charge >= 0.3 is 5.97 Å². The predicted octanol–water partition coefficient (Wildman–Crippen LogP) is 5.95. The molecule has 0 spiro atoms. The normalized spacial score (nSPS) is 10.2. The summed E-state index contributed by atoms with van der Waals surface area (Å²) in [6.45, 7) is 0. The Morgan fingerprint density at radius 2 is 1.06 bits per heavy atom. The average Bonchev–Trinajstić information content (AvgIpc) is 2.81. The molecule has 0 bridgehead atoms. The minimum Gasteiger partial charge on any atom is -0.457 e. The van der Waals surface area contributed by atoms with Gasteiger partial charge in [-0.3, -0.25) is 4.79 Å². The van der Waals surface area contributed by atoms with E-state index in [0.717, 1.165) is 5.75 Å². The largest absolute Gasteiger partial charge is 0.457 e. The Hall–Kier alpha value is -4.38. The lowest BCUT2D eigenvalue weighted by molar-refractivity contribution is 0.0734. The highest BCUT2D eigenvalue weighted by Crippen LogP contribution is 2.22. The van der Waals surface area contributed by atoms with Gasteiger partial charge in [-0.05, 0) is 72.8 Å². The van der Waals surface area contributed by atoms with E-state index in [1.165, 1.54) is 0 Å². The van der Waals surface area contributed by atoms with Crippen LogP contribution < -0.4 is 14.8 Å². The van der Waals surface area contributed by atoms with Crippen LogP contribution in [0.15, 0.2) is 109 Å². The molecule has 31 heavy (non-hydrogen) atoms. The number of hydrogen-bond donors (Lipinski definition) is 1. The van der Waals surface area contributed by atoms with E-state index < -0.39 is 5.97 Å². The Morgan fingerprint density at radius 3 is 1.68 bits per heavy atom. The number of benzene rings is 4. The molecule has 0 radical (unpaired) electrons. The fourth-order valence-corrected chi connectivity index (χ4v) is 2.85. The maximum absolute atomic E-state index is 12.5. The van der Waals surface area contributed by atoms with E-state index in [4.69, 9.17) is 9.47 Å². The molecule has 4 aromatic carbocycles. The Bertz CT molecular complexity index is 1160. The number of esters is 1. The van der Waals surface area contributed by atoms with Crippen molar-refractivity contribution in [2.45, 2.75) is 0 Å². The molecule has 0 aliphatic heterocycles. The highest BCUT2D eigenvalue weighted by atomic mass is 16.5. The molecule has 4 rings (SSSR count). The summed E-state index contributed by atoms with van der Waals surface area (Å²) in [4.78, 5) is 24.7. The van der Waals surface area contributed by atoms with Crippen LogP contribution in [-0.2, 0) is 0 Å². The number of ether oxygens (including phenoxy) is 2. The van der Waals surface area contributed by atoms with Crippen molar-refractivity contribution in [3.63, 3.8) is 0 Å². The minimum absolute atomic E-state index is 0.258. The first-order valence-electron chi connectivity index (χ1n) is 9.69. The molecular weight excluding hydrogens is 390 g/mol. The van der Waals surface area contributed by atoms with Crippen molar-refractivity contribution >= 4 is 17.6 Å². The summed E-state index contributed by atoms with van der Waals surface area (Å²) in [5, 5.41) is 2.81. The summed E-state index contributed by atoms with van der Waals surface area (Å²) >= 11 is 0. The number of nitrogens with one attached hydrogen (secondary N) is 1. The van der Waals surface area contributed by atoms with E-state index in [1.807, 2.05) is 36.4 Å². The first kappa shape index (κ1) is 19.9. The van der Waals surface area contributed by atoms with Crippen molar-refractivity contribution < 1.29 is 19.1 Å². The number of carbonyl (C=O) groups excluding carboxylic acids is 2. The van der Waals surface area contributed by atoms with E-state index in [0.29, 0.717) is 28.3 Å². The molecular formula is C26H19NO4. The lowest BCUT2D eigenvalue weighted by Gasteiger charge is -2.08. The third-order valence-corrected chi connectivity index (χ3v) is 4.43. The molecule has 0 heterocycles. The zero-order valence-corrected chi connectivity index (χ0v) is 16.5. The Morgan fingerprint density at radius 1 is 0.548 bits per heavy atom. The van der Waals surface area contributed by atoms with Crippen LogP contribution in [0.25, 0.3) is 0 Å². The lowest BCUT2D eigenvalue weighted by Crippen LogP contribution is -2.12. The molecule has 0 aromatic heterocycles. The van der Waals surface area contributed by atoms with Gasteiger partial charge in [-0.25, -0.2) is 4.79 Å². The van der Waals surface area contributed by atoms with Crippen LogP contribution in [0.1, 0.15) is 20.7 Å². The third kappa shape index (κ3) is 5.36. The van der Waals surface area contributed by atoms with Gasteiger partial charge in [0.25, 0.3) is 5.91 Å². The number of para-hydroxylation sites is 2. The number of anilines is 1. The number of rotatable bonds is 6. The molecule has 5 nitrogen and oxygen atoms in total. The number of carbonyl (C=O) groups is 2. The summed E-state index contributed by atoms with van der Waals surface area (Å²) in [7, 11) is 0. The summed E-state index contributed by atoms with van der Waals surface area (Å²) < 4.78 is 11.0. The van der Waals surface area contributed by atoms with Crippen LogP contribution in [0.2, 0.25) is 0 Å². The van der Waals surface area contributed by atoms with Crippen molar-refractivity contribution in [3.8, 4) is 17.2 Å². The van der Waals surface area contributed by atoms with Crippen molar-refractivity contribution in [2.75, 3.05) is 5.32 Å². The Kier molecular flexibility index (Phi) is 6.05. The third-order valence-electron chi connectivity index (χ3n) is 4.43. The molecule has 0 saturated carbocycles. The van der Waals surface area contributed by atoms with E-state index >= 15 is 0 Å². The summed E-state index contributed by atoms with van der Waals surface area (Å²) in [5.41, 5.74) is 1.46. The number of hydrogen-bond acceptors (Lipinski definition) is 4. The highest BCUT2D eigenvalue weighted by molar-refractivity contribution is 6.04. The molecule has 0 aliphatic carbocycles. The maximum Gasteiger partial charge on any atom is 0.343 e. The molecule has 1 amide bonds. The van der Waals surface area contributed by atoms with Crippen LogP contribution in [0.3, 0.4) is 0 Å². The Balaban J connectivity index is 1.35. The van der Waals surface area contributed by atoms with Crippen LogP contribution in [0.5, 0.6) is 17.2 Å². The lowest BCUT2D eigenvalue weighted by atomic mass is 10.1. The quantitative estimate of drug-likeness (QED) is 0.316. The molecule has 5 heteroatoms. The Labute approximate surface area is 179 Å². The molecule has 0 aliphatic rings. The predicted molar refractivity (Wildman–Crippen MR) is 119 cm³/mol. The van der Waals surface area contributed by atoms with Gasteiger partial charge in [-0.2, -0.15) is 0 Å². The van der Waals surface area contributed by atoms with Crippen molar-refractivity contribution in [2.24, 2.45) is 0 Å². The maximum atomic E-state index is 12.5. The van der Waals surface area contributed by atoms with Crippen molar-refractivity contribution in [1.82, 2.24) is 0 Å². The van der Waals surface area contributed by atoms with Gasteiger partial charge < -0.3 is 14.8 Å². The summed E-state index contributed by atoms with van der Waals surface area (Å²) in [6.07, 6.45) is 0. The van der Waals surface area contributed by atoms with Crippen LogP contribution in [-0.4, -0.2) is 11.9 Å². The topological polar surface area (TPSA) is 64.6 Å². The second kappa shape index (κ2) is 9.41. The van der Waals surface area contributed by atoms with Gasteiger partial charge in [0.05, 0.1) is 5.56 Å². The van der Waals surface area contributed by atoms with Crippen molar-refractivity contribution in [1.29, 1.82) is 0 Å². The van der Waals surface area contributed by atoms with Crippen molar-refractivity contribution in [3.05, 3.63) is 120 Å². The second-order valence-corrected chi connectivity index (χ2v) is 6.67. The fourth-order valence-electron chi connectivity index (χ4n) is 2.85. The second-order valence-electron chi connectivity index (χ2n) is 6.67. The van der Waals surface area contributed by atoms with Crippen LogP contribution in [0, 0.1) is 0 Å². The van der Waals surface area contributed by atoms with Crippen LogP contribution >= 0.6 is 0 Å².